The van der Waals surface area contributed by atoms with Gasteiger partial charge in [-0.2, -0.15) is 0 Å². The molecule has 3 heterocycles. The van der Waals surface area contributed by atoms with Gasteiger partial charge in [0.25, 0.3) is 0 Å². The Bertz CT molecular complexity index is 2370. The van der Waals surface area contributed by atoms with Crippen LogP contribution in [0.2, 0.25) is 0 Å². The number of fused-ring (bicyclic) bond motifs is 6. The van der Waals surface area contributed by atoms with E-state index >= 15 is 0 Å². The quantitative estimate of drug-likeness (QED) is 0.216. The van der Waals surface area contributed by atoms with Crippen molar-refractivity contribution in [1.29, 1.82) is 0 Å². The molecule has 0 saturated heterocycles. The van der Waals surface area contributed by atoms with Gasteiger partial charge >= 0.3 is 0 Å². The Kier molecular flexibility index (Phi) is 4.55. The fourth-order valence-corrected chi connectivity index (χ4v) is 7.70. The largest absolute Gasteiger partial charge is 0.299 e. The molecule has 0 bridgehead atoms. The van der Waals surface area contributed by atoms with E-state index in [0.29, 0.717) is 0 Å². The van der Waals surface area contributed by atoms with Crippen molar-refractivity contribution >= 4 is 59.5 Å². The highest BCUT2D eigenvalue weighted by atomic mass is 32.1. The van der Waals surface area contributed by atoms with Gasteiger partial charge in [0.1, 0.15) is 4.83 Å². The van der Waals surface area contributed by atoms with Crippen molar-refractivity contribution in [2.24, 2.45) is 0 Å². The average molecular weight is 526 g/mol. The van der Waals surface area contributed by atoms with E-state index in [2.05, 4.69) is 144 Å². The van der Waals surface area contributed by atoms with E-state index in [1.165, 1.54) is 80.9 Å². The number of hydrogen-bond acceptors (Lipinski definition) is 1. The Morgan fingerprint density at radius 3 is 1.93 bits per heavy atom. The van der Waals surface area contributed by atoms with E-state index in [4.69, 9.17) is 0 Å². The Labute approximate surface area is 235 Å². The van der Waals surface area contributed by atoms with E-state index in [1.807, 2.05) is 11.3 Å². The normalized spacial score (nSPS) is 12.0. The summed E-state index contributed by atoms with van der Waals surface area (Å²) in [6.07, 6.45) is 0. The first-order chi connectivity index (χ1) is 19.8. The zero-order valence-electron chi connectivity index (χ0n) is 21.6. The van der Waals surface area contributed by atoms with Crippen molar-refractivity contribution < 1.29 is 0 Å². The zero-order valence-corrected chi connectivity index (χ0v) is 22.5. The second-order valence-electron chi connectivity index (χ2n) is 10.6. The smallest absolute Gasteiger partial charge is 0.109 e. The third kappa shape index (κ3) is 3.08. The van der Waals surface area contributed by atoms with Gasteiger partial charge < -0.3 is 0 Å². The number of para-hydroxylation sites is 1. The molecule has 3 aromatic heterocycles. The van der Waals surface area contributed by atoms with Crippen LogP contribution in [-0.4, -0.2) is 4.40 Å². The molecular formula is C38H23NS. The highest BCUT2D eigenvalue weighted by Crippen LogP contribution is 2.45. The van der Waals surface area contributed by atoms with E-state index in [0.717, 1.165) is 0 Å². The van der Waals surface area contributed by atoms with Crippen LogP contribution in [0.1, 0.15) is 0 Å². The van der Waals surface area contributed by atoms with E-state index in [1.54, 1.807) is 0 Å². The molecule has 2 heteroatoms. The van der Waals surface area contributed by atoms with Gasteiger partial charge in [-0.15, -0.1) is 11.3 Å². The molecule has 186 valence electrons. The van der Waals surface area contributed by atoms with Gasteiger partial charge in [0.05, 0.1) is 11.0 Å². The maximum absolute atomic E-state index is 2.51. The lowest BCUT2D eigenvalue weighted by molar-refractivity contribution is 1.38. The Morgan fingerprint density at radius 1 is 0.425 bits per heavy atom. The van der Waals surface area contributed by atoms with Gasteiger partial charge in [-0.05, 0) is 62.9 Å². The topological polar surface area (TPSA) is 4.41 Å². The molecule has 0 aliphatic carbocycles. The highest BCUT2D eigenvalue weighted by molar-refractivity contribution is 7.22. The minimum Gasteiger partial charge on any atom is -0.299 e. The Balaban J connectivity index is 1.28. The molecule has 0 amide bonds. The molecule has 0 aliphatic rings. The SMILES string of the molecule is c1ccc(-c2cccc(-c3cccc(-c4cc5c6cccc7ccc8c9ccccc9n(c5s4)c8c76)c3)c2)cc1. The van der Waals surface area contributed by atoms with Crippen LogP contribution in [0.5, 0.6) is 0 Å². The van der Waals surface area contributed by atoms with Gasteiger partial charge in [-0.1, -0.05) is 115 Å². The van der Waals surface area contributed by atoms with Crippen LogP contribution in [0.4, 0.5) is 0 Å². The number of pyridine rings is 1. The third-order valence-corrected chi connectivity index (χ3v) is 9.50. The highest BCUT2D eigenvalue weighted by Gasteiger charge is 2.20. The Morgan fingerprint density at radius 2 is 1.07 bits per heavy atom. The number of nitrogens with zero attached hydrogens (tertiary/aromatic N) is 1. The summed E-state index contributed by atoms with van der Waals surface area (Å²) >= 11 is 1.90. The maximum Gasteiger partial charge on any atom is 0.109 e. The summed E-state index contributed by atoms with van der Waals surface area (Å²) in [4.78, 5) is 2.60. The zero-order chi connectivity index (χ0) is 26.2. The van der Waals surface area contributed by atoms with Crippen LogP contribution in [-0.2, 0) is 0 Å². The number of benzene rings is 6. The first-order valence-electron chi connectivity index (χ1n) is 13.7. The predicted octanol–water partition coefficient (Wildman–Crippen LogP) is 11.1. The fourth-order valence-electron chi connectivity index (χ4n) is 6.51. The minimum absolute atomic E-state index is 1.24. The summed E-state index contributed by atoms with van der Waals surface area (Å²) in [7, 11) is 0. The second-order valence-corrected chi connectivity index (χ2v) is 11.6. The first-order valence-corrected chi connectivity index (χ1v) is 14.5. The number of hydrogen-bond donors (Lipinski definition) is 0. The van der Waals surface area contributed by atoms with E-state index in [9.17, 15) is 0 Å². The van der Waals surface area contributed by atoms with Crippen LogP contribution in [0.25, 0.3) is 80.9 Å². The molecule has 0 saturated carbocycles. The summed E-state index contributed by atoms with van der Waals surface area (Å²) < 4.78 is 2.51. The summed E-state index contributed by atoms with van der Waals surface area (Å²) in [5.41, 5.74) is 8.82. The maximum atomic E-state index is 2.51. The van der Waals surface area contributed by atoms with Crippen molar-refractivity contribution in [1.82, 2.24) is 4.40 Å². The molecular weight excluding hydrogens is 502 g/mol. The molecule has 9 rings (SSSR count). The minimum atomic E-state index is 1.24. The summed E-state index contributed by atoms with van der Waals surface area (Å²) in [6.45, 7) is 0. The molecule has 0 radical (unpaired) electrons. The molecule has 6 aromatic carbocycles. The van der Waals surface area contributed by atoms with Gasteiger partial charge in [0, 0.05) is 26.4 Å². The summed E-state index contributed by atoms with van der Waals surface area (Å²) in [6, 6.07) is 51.0. The molecule has 0 unspecified atom stereocenters. The lowest BCUT2D eigenvalue weighted by Gasteiger charge is -2.09. The van der Waals surface area contributed by atoms with Gasteiger partial charge in [0.2, 0.25) is 0 Å². The molecule has 0 atom stereocenters. The number of thiophene rings is 1. The van der Waals surface area contributed by atoms with Crippen LogP contribution in [0, 0.1) is 0 Å². The predicted molar refractivity (Wildman–Crippen MR) is 173 cm³/mol. The van der Waals surface area contributed by atoms with Gasteiger partial charge in [0.15, 0.2) is 0 Å². The van der Waals surface area contributed by atoms with Crippen LogP contribution in [0.3, 0.4) is 0 Å². The molecule has 0 aliphatic heterocycles. The van der Waals surface area contributed by atoms with Crippen molar-refractivity contribution in [3.05, 3.63) is 140 Å². The molecule has 9 aromatic rings. The van der Waals surface area contributed by atoms with E-state index in [-0.39, 0.29) is 0 Å². The standard InChI is InChI=1S/C38H23NS/c1-2-9-24(10-3-1)26-12-6-13-27(21-26)28-14-7-15-29(22-28)35-23-33-31-17-8-11-25-19-20-32-30-16-4-5-18-34(30)39(38(33)40-35)37(32)36(25)31/h1-23H. The van der Waals surface area contributed by atoms with Crippen molar-refractivity contribution in [2.75, 3.05) is 0 Å². The molecule has 0 fully saturated rings. The third-order valence-electron chi connectivity index (χ3n) is 8.33. The second kappa shape index (κ2) is 8.29. The molecule has 0 spiro atoms. The van der Waals surface area contributed by atoms with Gasteiger partial charge in [-0.3, -0.25) is 4.40 Å². The monoisotopic (exact) mass is 525 g/mol. The lowest BCUT2D eigenvalue weighted by Crippen LogP contribution is -1.88. The molecule has 40 heavy (non-hydrogen) atoms. The van der Waals surface area contributed by atoms with Crippen LogP contribution >= 0.6 is 11.3 Å². The number of rotatable bonds is 3. The van der Waals surface area contributed by atoms with Crippen molar-refractivity contribution in [3.63, 3.8) is 0 Å². The molecule has 1 nitrogen and oxygen atoms in total. The lowest BCUT2D eigenvalue weighted by atomic mass is 9.97. The average Bonchev–Trinajstić information content (AvgIpc) is 3.62. The summed E-state index contributed by atoms with van der Waals surface area (Å²) in [5.74, 6) is 0. The molecule has 0 N–H and O–H groups in total. The van der Waals surface area contributed by atoms with Crippen molar-refractivity contribution in [3.8, 4) is 32.7 Å². The fraction of sp³-hybridized carbons (Fsp3) is 0. The van der Waals surface area contributed by atoms with Gasteiger partial charge in [-0.25, -0.2) is 0 Å². The number of aromatic nitrogens is 1. The summed E-state index contributed by atoms with van der Waals surface area (Å²) in [5, 5.41) is 7.96. The van der Waals surface area contributed by atoms with Crippen LogP contribution in [0.15, 0.2) is 140 Å². The Hall–Kier alpha value is -4.92. The van der Waals surface area contributed by atoms with Crippen LogP contribution < -0.4 is 0 Å². The first kappa shape index (κ1) is 22.0. The van der Waals surface area contributed by atoms with Crippen molar-refractivity contribution in [2.45, 2.75) is 0 Å². The van der Waals surface area contributed by atoms with E-state index < -0.39 is 0 Å².